The van der Waals surface area contributed by atoms with E-state index >= 15 is 0 Å². The van der Waals surface area contributed by atoms with Crippen LogP contribution in [0.5, 0.6) is 0 Å². The van der Waals surface area contributed by atoms with Gasteiger partial charge >= 0.3 is 17.9 Å². The number of aliphatic hydroxyl groups is 1. The van der Waals surface area contributed by atoms with Crippen LogP contribution in [0.4, 0.5) is 13.2 Å². The predicted molar refractivity (Wildman–Crippen MR) is 69.5 cm³/mol. The number of halogens is 3. The summed E-state index contributed by atoms with van der Waals surface area (Å²) in [7, 11) is 0. The molecule has 21 heavy (non-hydrogen) atoms. The van der Waals surface area contributed by atoms with E-state index in [2.05, 4.69) is 4.74 Å². The smallest absolute Gasteiger partial charge is 0.452 e. The molecule has 0 spiro atoms. The molecule has 0 saturated carbocycles. The van der Waals surface area contributed by atoms with Crippen molar-refractivity contribution in [2.24, 2.45) is 0 Å². The molecule has 0 aromatic heterocycles. The number of hydrogen-bond donors (Lipinski definition) is 1. The highest BCUT2D eigenvalue weighted by Crippen LogP contribution is 2.17. The van der Waals surface area contributed by atoms with E-state index in [0.29, 0.717) is 18.4 Å². The lowest BCUT2D eigenvalue weighted by molar-refractivity contribution is -0.153. The molecule has 0 aromatic carbocycles. The molecule has 5 nitrogen and oxygen atoms in total. The lowest BCUT2D eigenvalue weighted by atomic mass is 10.1. The lowest BCUT2D eigenvalue weighted by Crippen LogP contribution is -2.33. The number of rotatable bonds is 7. The summed E-state index contributed by atoms with van der Waals surface area (Å²) in [5, 5.41) is 8.81. The van der Waals surface area contributed by atoms with Crippen LogP contribution < -0.4 is 0 Å². The van der Waals surface area contributed by atoms with Crippen LogP contribution in [0.2, 0.25) is 0 Å². The summed E-state index contributed by atoms with van der Waals surface area (Å²) in [6, 6.07) is 0. The van der Waals surface area contributed by atoms with Gasteiger partial charge < -0.3 is 15.4 Å². The molecular formula is C13H17F3N2O3. The van der Waals surface area contributed by atoms with Crippen molar-refractivity contribution in [3.05, 3.63) is 28.8 Å². The Morgan fingerprint density at radius 1 is 1.38 bits per heavy atom. The molecule has 0 radical (unpaired) electrons. The van der Waals surface area contributed by atoms with Crippen LogP contribution in [0.1, 0.15) is 28.1 Å². The first-order chi connectivity index (χ1) is 10.1. The van der Waals surface area contributed by atoms with Crippen molar-refractivity contribution < 1.29 is 34.0 Å². The molecule has 0 fully saturated rings. The summed E-state index contributed by atoms with van der Waals surface area (Å²) in [6.45, 7) is 1.64. The van der Waals surface area contributed by atoms with E-state index in [4.69, 9.17) is 12.0 Å². The summed E-state index contributed by atoms with van der Waals surface area (Å²) in [4.78, 5) is 13.0. The minimum absolute atomic E-state index is 0.363. The third-order valence-electron chi connectivity index (χ3n) is 2.38. The van der Waals surface area contributed by atoms with Gasteiger partial charge in [0.15, 0.2) is 0 Å². The van der Waals surface area contributed by atoms with E-state index in [1.54, 1.807) is 19.9 Å². The fourth-order valence-corrected chi connectivity index (χ4v) is 1.28. The van der Waals surface area contributed by atoms with E-state index in [1.165, 1.54) is 6.08 Å². The molecule has 1 atom stereocenters. The molecule has 0 heterocycles. The summed E-state index contributed by atoms with van der Waals surface area (Å²) in [5.74, 6) is -1.75. The molecule has 1 unspecified atom stereocenters. The molecule has 0 rings (SSSR count). The van der Waals surface area contributed by atoms with Crippen LogP contribution in [0.25, 0.3) is 5.53 Å². The molecule has 0 saturated heterocycles. The normalized spacial score (nSPS) is 15.0. The van der Waals surface area contributed by atoms with Gasteiger partial charge in [-0.15, -0.1) is 0 Å². The molecule has 0 amide bonds. The number of aliphatic hydroxyl groups excluding tert-OH is 1. The van der Waals surface area contributed by atoms with Crippen molar-refractivity contribution >= 4 is 11.7 Å². The van der Waals surface area contributed by atoms with E-state index in [9.17, 15) is 18.0 Å². The number of alkyl halides is 3. The van der Waals surface area contributed by atoms with Gasteiger partial charge in [0, 0.05) is 0 Å². The highest BCUT2D eigenvalue weighted by molar-refractivity contribution is 6.36. The largest absolute Gasteiger partial charge is 0.503 e. The Morgan fingerprint density at radius 2 is 2.00 bits per heavy atom. The highest BCUT2D eigenvalue weighted by atomic mass is 19.4. The number of carbonyl (C=O) groups is 1. The van der Waals surface area contributed by atoms with Crippen molar-refractivity contribution in [3.63, 3.8) is 0 Å². The second-order valence-electron chi connectivity index (χ2n) is 4.27. The lowest BCUT2D eigenvalue weighted by Gasteiger charge is -2.04. The fraction of sp³-hybridized carbons (Fsp3) is 0.538. The van der Waals surface area contributed by atoms with Crippen LogP contribution in [0.3, 0.4) is 0 Å². The maximum atomic E-state index is 12.2. The average molecular weight is 307 g/mol. The zero-order chi connectivity index (χ0) is 17.3. The minimum atomic E-state index is -5.08. The fourth-order valence-electron chi connectivity index (χ4n) is 1.28. The van der Waals surface area contributed by atoms with Gasteiger partial charge in [0.05, 0.1) is 7.95 Å². The van der Waals surface area contributed by atoms with Crippen LogP contribution in [-0.2, 0) is 9.53 Å². The second kappa shape index (κ2) is 9.10. The first-order valence-electron chi connectivity index (χ1n) is 6.55. The Kier molecular flexibility index (Phi) is 7.42. The first kappa shape index (κ1) is 17.1. The molecule has 0 aliphatic carbocycles. The standard InChI is InChI=1S/C13H17F3N2O3/c1-9(6-7-19)4-3-5-10(2)8-21-12(20)11(18-17)13(14,15)16/h5-6,19H,3-4,7-8H2,1-2H3/b9-6+,10-5+/i7D. The topological polar surface area (TPSA) is 82.9 Å². The molecule has 0 aliphatic heterocycles. The number of esters is 1. The molecule has 0 bridgehead atoms. The van der Waals surface area contributed by atoms with Gasteiger partial charge in [-0.05, 0) is 32.3 Å². The number of carbonyl (C=O) groups excluding carboxylic acids is 1. The Balaban J connectivity index is 4.39. The molecule has 118 valence electrons. The Labute approximate surface area is 121 Å². The maximum absolute atomic E-state index is 12.2. The quantitative estimate of drug-likeness (QED) is 0.258. The maximum Gasteiger partial charge on any atom is 0.503 e. The first-order valence-corrected chi connectivity index (χ1v) is 5.97. The number of hydrogen-bond acceptors (Lipinski definition) is 3. The third kappa shape index (κ3) is 8.06. The van der Waals surface area contributed by atoms with Gasteiger partial charge in [-0.3, -0.25) is 0 Å². The van der Waals surface area contributed by atoms with Gasteiger partial charge in [-0.1, -0.05) is 17.7 Å². The van der Waals surface area contributed by atoms with Crippen molar-refractivity contribution in [3.8, 4) is 0 Å². The SMILES string of the molecule is [2H]C(O)/C=C(\C)CC/C=C(\C)COC(=O)C(=[N+]=[N-])C(F)(F)F. The number of allylic oxidation sites excluding steroid dienone is 2. The van der Waals surface area contributed by atoms with Gasteiger partial charge in [-0.2, -0.15) is 18.0 Å². The summed E-state index contributed by atoms with van der Waals surface area (Å²) < 4.78 is 48.1. The van der Waals surface area contributed by atoms with Crippen molar-refractivity contribution in [2.45, 2.75) is 32.9 Å². The van der Waals surface area contributed by atoms with E-state index < -0.39 is 24.4 Å². The van der Waals surface area contributed by atoms with Gasteiger partial charge in [0.2, 0.25) is 0 Å². The Bertz CT molecular complexity index is 507. The number of nitrogens with zero attached hydrogens (tertiary/aromatic N) is 2. The van der Waals surface area contributed by atoms with Crippen LogP contribution >= 0.6 is 0 Å². The summed E-state index contributed by atoms with van der Waals surface area (Å²) in [5.41, 5.74) is 7.48. The second-order valence-corrected chi connectivity index (χ2v) is 4.27. The van der Waals surface area contributed by atoms with Crippen molar-refractivity contribution in [2.75, 3.05) is 13.2 Å². The molecule has 0 aromatic rings. The van der Waals surface area contributed by atoms with Gasteiger partial charge in [-0.25, -0.2) is 4.79 Å². The average Bonchev–Trinajstić information content (AvgIpc) is 2.34. The van der Waals surface area contributed by atoms with E-state index in [1.807, 2.05) is 4.79 Å². The summed E-state index contributed by atoms with van der Waals surface area (Å²) >= 11 is 0. The van der Waals surface area contributed by atoms with E-state index in [-0.39, 0.29) is 6.61 Å². The number of ether oxygens (including phenoxy) is 1. The van der Waals surface area contributed by atoms with Gasteiger partial charge in [0.1, 0.15) is 6.61 Å². The molecular weight excluding hydrogens is 289 g/mol. The molecule has 0 aliphatic rings. The minimum Gasteiger partial charge on any atom is -0.452 e. The van der Waals surface area contributed by atoms with E-state index in [0.717, 1.165) is 5.57 Å². The molecule has 1 N–H and O–H groups in total. The van der Waals surface area contributed by atoms with Crippen LogP contribution in [0.15, 0.2) is 23.3 Å². The monoisotopic (exact) mass is 307 g/mol. The van der Waals surface area contributed by atoms with Crippen LogP contribution in [-0.4, -0.2) is 40.9 Å². The Morgan fingerprint density at radius 3 is 2.48 bits per heavy atom. The zero-order valence-electron chi connectivity index (χ0n) is 12.6. The zero-order valence-corrected chi connectivity index (χ0v) is 11.6. The Hall–Kier alpha value is -1.92. The van der Waals surface area contributed by atoms with Crippen LogP contribution in [0, 0.1) is 0 Å². The van der Waals surface area contributed by atoms with Crippen molar-refractivity contribution in [1.29, 1.82) is 0 Å². The van der Waals surface area contributed by atoms with Gasteiger partial charge in [0.25, 0.3) is 0 Å². The summed E-state index contributed by atoms with van der Waals surface area (Å²) in [6.07, 6.45) is -1.00. The molecule has 8 heteroatoms. The third-order valence-corrected chi connectivity index (χ3v) is 2.38. The highest BCUT2D eigenvalue weighted by Gasteiger charge is 2.51. The van der Waals surface area contributed by atoms with Crippen molar-refractivity contribution in [1.82, 2.24) is 0 Å². The predicted octanol–water partition coefficient (Wildman–Crippen LogP) is 2.43.